The predicted molar refractivity (Wildman–Crippen MR) is 97.5 cm³/mol. The first kappa shape index (κ1) is 19.0. The van der Waals surface area contributed by atoms with Crippen LogP contribution in [-0.4, -0.2) is 21.4 Å². The first-order valence-electron chi connectivity index (χ1n) is 7.65. The largest absolute Gasteiger partial charge is 0.496 e. The normalized spacial score (nSPS) is 11.9. The third-order valence-electron chi connectivity index (χ3n) is 3.73. The van der Waals surface area contributed by atoms with Crippen LogP contribution in [0.25, 0.3) is 0 Å². The Labute approximate surface area is 148 Å². The average molecular weight is 362 g/mol. The van der Waals surface area contributed by atoms with Crippen molar-refractivity contribution in [3.63, 3.8) is 0 Å². The second kappa shape index (κ2) is 6.85. The number of nitrogens with two attached hydrogens (primary N) is 1. The summed E-state index contributed by atoms with van der Waals surface area (Å²) < 4.78 is 28.2. The van der Waals surface area contributed by atoms with Crippen LogP contribution in [0.4, 0.5) is 5.69 Å². The molecule has 0 aliphatic heterocycles. The summed E-state index contributed by atoms with van der Waals surface area (Å²) in [4.78, 5) is 12.5. The van der Waals surface area contributed by atoms with Gasteiger partial charge in [-0.3, -0.25) is 4.79 Å². The Morgan fingerprint density at radius 2 is 1.80 bits per heavy atom. The fourth-order valence-electron chi connectivity index (χ4n) is 2.29. The fourth-order valence-corrected chi connectivity index (χ4v) is 2.85. The maximum atomic E-state index is 12.5. The summed E-state index contributed by atoms with van der Waals surface area (Å²) in [5, 5.41) is 7.77. The van der Waals surface area contributed by atoms with Crippen molar-refractivity contribution in [3.05, 3.63) is 53.6 Å². The molecule has 0 atom stereocenters. The SMILES string of the molecule is COc1cc(C(C)(C)C)ccc1C(=O)Nc1cccc(S(N)(=O)=O)c1. The van der Waals surface area contributed by atoms with Crippen molar-refractivity contribution in [2.75, 3.05) is 12.4 Å². The van der Waals surface area contributed by atoms with Gasteiger partial charge in [-0.15, -0.1) is 0 Å². The zero-order chi connectivity index (χ0) is 18.8. The third kappa shape index (κ3) is 4.58. The summed E-state index contributed by atoms with van der Waals surface area (Å²) in [6.45, 7) is 6.21. The van der Waals surface area contributed by atoms with E-state index >= 15 is 0 Å². The van der Waals surface area contributed by atoms with Crippen molar-refractivity contribution in [1.82, 2.24) is 0 Å². The Morgan fingerprint density at radius 3 is 2.36 bits per heavy atom. The standard InChI is InChI=1S/C18H22N2O4S/c1-18(2,3)12-8-9-15(16(10-12)24-4)17(21)20-13-6-5-7-14(11-13)25(19,22)23/h5-11H,1-4H3,(H,20,21)(H2,19,22,23). The molecule has 0 saturated carbocycles. The molecule has 2 aromatic carbocycles. The molecule has 1 amide bonds. The van der Waals surface area contributed by atoms with E-state index in [0.29, 0.717) is 17.0 Å². The summed E-state index contributed by atoms with van der Waals surface area (Å²) in [6.07, 6.45) is 0. The van der Waals surface area contributed by atoms with Crippen LogP contribution in [0.3, 0.4) is 0 Å². The Morgan fingerprint density at radius 1 is 1.12 bits per heavy atom. The van der Waals surface area contributed by atoms with Gasteiger partial charge >= 0.3 is 0 Å². The van der Waals surface area contributed by atoms with Crippen molar-refractivity contribution >= 4 is 21.6 Å². The van der Waals surface area contributed by atoms with E-state index in [-0.39, 0.29) is 10.3 Å². The number of hydrogen-bond acceptors (Lipinski definition) is 4. The molecule has 0 saturated heterocycles. The molecule has 6 nitrogen and oxygen atoms in total. The molecule has 0 aromatic heterocycles. The number of methoxy groups -OCH3 is 1. The molecule has 0 aliphatic carbocycles. The molecule has 0 spiro atoms. The number of ether oxygens (including phenoxy) is 1. The van der Waals surface area contributed by atoms with Crippen LogP contribution in [0.15, 0.2) is 47.4 Å². The fraction of sp³-hybridized carbons (Fsp3) is 0.278. The summed E-state index contributed by atoms with van der Waals surface area (Å²) in [6, 6.07) is 11.2. The van der Waals surface area contributed by atoms with Crippen LogP contribution in [0.2, 0.25) is 0 Å². The van der Waals surface area contributed by atoms with Gasteiger partial charge in [-0.25, -0.2) is 13.6 Å². The van der Waals surface area contributed by atoms with E-state index in [4.69, 9.17) is 9.88 Å². The number of rotatable bonds is 4. The van der Waals surface area contributed by atoms with E-state index in [2.05, 4.69) is 26.1 Å². The number of sulfonamides is 1. The van der Waals surface area contributed by atoms with Crippen LogP contribution in [0, 0.1) is 0 Å². The molecule has 25 heavy (non-hydrogen) atoms. The molecule has 0 unspecified atom stereocenters. The Balaban J connectivity index is 2.33. The van der Waals surface area contributed by atoms with Gasteiger partial charge in [-0.2, -0.15) is 0 Å². The number of nitrogens with one attached hydrogen (secondary N) is 1. The highest BCUT2D eigenvalue weighted by Crippen LogP contribution is 2.29. The lowest BCUT2D eigenvalue weighted by Gasteiger charge is -2.20. The van der Waals surface area contributed by atoms with Crippen LogP contribution < -0.4 is 15.2 Å². The highest BCUT2D eigenvalue weighted by Gasteiger charge is 2.19. The van der Waals surface area contributed by atoms with Crippen molar-refractivity contribution < 1.29 is 17.9 Å². The second-order valence-electron chi connectivity index (χ2n) is 6.69. The van der Waals surface area contributed by atoms with Gasteiger partial charge in [-0.05, 0) is 41.3 Å². The number of primary sulfonamides is 1. The maximum Gasteiger partial charge on any atom is 0.259 e. The van der Waals surface area contributed by atoms with E-state index in [9.17, 15) is 13.2 Å². The summed E-state index contributed by atoms with van der Waals surface area (Å²) in [7, 11) is -2.34. The minimum atomic E-state index is -3.84. The predicted octanol–water partition coefficient (Wildman–Crippen LogP) is 2.89. The lowest BCUT2D eigenvalue weighted by molar-refractivity contribution is 0.102. The minimum absolute atomic E-state index is 0.0691. The van der Waals surface area contributed by atoms with Crippen LogP contribution in [0.5, 0.6) is 5.75 Å². The van der Waals surface area contributed by atoms with Gasteiger partial charge in [-0.1, -0.05) is 32.9 Å². The van der Waals surface area contributed by atoms with Crippen LogP contribution in [0.1, 0.15) is 36.7 Å². The van der Waals surface area contributed by atoms with Crippen molar-refractivity contribution in [2.45, 2.75) is 31.1 Å². The Kier molecular flexibility index (Phi) is 5.20. The monoisotopic (exact) mass is 362 g/mol. The van der Waals surface area contributed by atoms with Crippen molar-refractivity contribution in [3.8, 4) is 5.75 Å². The molecule has 0 radical (unpaired) electrons. The molecule has 134 valence electrons. The van der Waals surface area contributed by atoms with Gasteiger partial charge in [0.15, 0.2) is 0 Å². The first-order valence-corrected chi connectivity index (χ1v) is 9.20. The molecule has 0 aliphatic rings. The lowest BCUT2D eigenvalue weighted by atomic mass is 9.86. The highest BCUT2D eigenvalue weighted by atomic mass is 32.2. The van der Waals surface area contributed by atoms with Gasteiger partial charge in [0.05, 0.1) is 17.6 Å². The second-order valence-corrected chi connectivity index (χ2v) is 8.25. The zero-order valence-electron chi connectivity index (χ0n) is 14.7. The summed E-state index contributed by atoms with van der Waals surface area (Å²) in [5.74, 6) is 0.0522. The number of carbonyl (C=O) groups is 1. The van der Waals surface area contributed by atoms with Gasteiger partial charge in [0.25, 0.3) is 5.91 Å². The van der Waals surface area contributed by atoms with Crippen LogP contribution in [-0.2, 0) is 15.4 Å². The first-order chi connectivity index (χ1) is 11.5. The quantitative estimate of drug-likeness (QED) is 0.873. The van der Waals surface area contributed by atoms with Gasteiger partial charge in [0.2, 0.25) is 10.0 Å². The van der Waals surface area contributed by atoms with Gasteiger partial charge in [0, 0.05) is 5.69 Å². The third-order valence-corrected chi connectivity index (χ3v) is 4.64. The molecule has 0 bridgehead atoms. The van der Waals surface area contributed by atoms with Gasteiger partial charge in [0.1, 0.15) is 5.75 Å². The summed E-state index contributed by atoms with van der Waals surface area (Å²) >= 11 is 0. The van der Waals surface area contributed by atoms with E-state index in [1.165, 1.54) is 25.3 Å². The number of carbonyl (C=O) groups excluding carboxylic acids is 1. The summed E-state index contributed by atoms with van der Waals surface area (Å²) in [5.41, 5.74) is 1.65. The molecule has 7 heteroatoms. The smallest absolute Gasteiger partial charge is 0.259 e. The van der Waals surface area contributed by atoms with Crippen molar-refractivity contribution in [1.29, 1.82) is 0 Å². The Bertz CT molecular complexity index is 900. The van der Waals surface area contributed by atoms with Crippen LogP contribution >= 0.6 is 0 Å². The number of benzene rings is 2. The highest BCUT2D eigenvalue weighted by molar-refractivity contribution is 7.89. The molecule has 3 N–H and O–H groups in total. The topological polar surface area (TPSA) is 98.5 Å². The average Bonchev–Trinajstić information content (AvgIpc) is 2.52. The van der Waals surface area contributed by atoms with Gasteiger partial charge < -0.3 is 10.1 Å². The maximum absolute atomic E-state index is 12.5. The number of hydrogen-bond donors (Lipinski definition) is 2. The molecular formula is C18H22N2O4S. The van der Waals surface area contributed by atoms with E-state index < -0.39 is 15.9 Å². The van der Waals surface area contributed by atoms with E-state index in [1.807, 2.05) is 12.1 Å². The van der Waals surface area contributed by atoms with E-state index in [0.717, 1.165) is 5.56 Å². The van der Waals surface area contributed by atoms with E-state index in [1.54, 1.807) is 12.1 Å². The molecule has 2 aromatic rings. The number of amides is 1. The minimum Gasteiger partial charge on any atom is -0.496 e. The molecular weight excluding hydrogens is 340 g/mol. The Hall–Kier alpha value is -2.38. The van der Waals surface area contributed by atoms with Crippen molar-refractivity contribution in [2.24, 2.45) is 5.14 Å². The molecule has 2 rings (SSSR count). The molecule has 0 fully saturated rings. The number of anilines is 1. The zero-order valence-corrected chi connectivity index (χ0v) is 15.5. The molecule has 0 heterocycles. The lowest BCUT2D eigenvalue weighted by Crippen LogP contribution is -2.17.